The van der Waals surface area contributed by atoms with Crippen LogP contribution in [0.3, 0.4) is 0 Å². The van der Waals surface area contributed by atoms with E-state index < -0.39 is 5.60 Å². The number of esters is 1. The van der Waals surface area contributed by atoms with Gasteiger partial charge in [-0.1, -0.05) is 12.1 Å². The summed E-state index contributed by atoms with van der Waals surface area (Å²) in [5, 5.41) is 0. The van der Waals surface area contributed by atoms with Crippen LogP contribution in [0.2, 0.25) is 0 Å². The van der Waals surface area contributed by atoms with Crippen LogP contribution in [0.1, 0.15) is 44.0 Å². The Morgan fingerprint density at radius 2 is 1.70 bits per heavy atom. The van der Waals surface area contributed by atoms with Crippen LogP contribution in [-0.2, 0) is 14.3 Å². The Kier molecular flexibility index (Phi) is 7.30. The average molecular weight is 394 g/mol. The molecule has 1 aliphatic heterocycles. The van der Waals surface area contributed by atoms with Gasteiger partial charge in [0, 0.05) is 23.5 Å². The lowest BCUT2D eigenvalue weighted by Gasteiger charge is -2.32. The number of nitrogens with zero attached hydrogens (tertiary/aromatic N) is 1. The molecule has 0 atom stereocenters. The van der Waals surface area contributed by atoms with Crippen LogP contribution in [0.4, 0.5) is 4.79 Å². The molecule has 1 amide bonds. The quantitative estimate of drug-likeness (QED) is 0.431. The Morgan fingerprint density at radius 1 is 1.11 bits per heavy atom. The number of carbonyl (C=O) groups is 3. The molecule has 27 heavy (non-hydrogen) atoms. The van der Waals surface area contributed by atoms with Gasteiger partial charge in [-0.3, -0.25) is 9.59 Å². The number of ketones is 1. The summed E-state index contributed by atoms with van der Waals surface area (Å²) in [6.45, 7) is 6.09. The van der Waals surface area contributed by atoms with Crippen molar-refractivity contribution in [3.8, 4) is 0 Å². The zero-order chi connectivity index (χ0) is 20.0. The second-order valence-electron chi connectivity index (χ2n) is 7.50. The molecule has 1 heterocycles. The zero-order valence-corrected chi connectivity index (χ0v) is 17.1. The fourth-order valence-corrected chi connectivity index (χ4v) is 3.15. The fraction of sp³-hybridized carbons (Fsp3) is 0.550. The number of hydrogen-bond acceptors (Lipinski definition) is 6. The van der Waals surface area contributed by atoms with Crippen molar-refractivity contribution in [1.82, 2.24) is 4.90 Å². The molecule has 1 aromatic rings. The third-order valence-corrected chi connectivity index (χ3v) is 4.98. The number of thioether (sulfide) groups is 1. The topological polar surface area (TPSA) is 72.9 Å². The minimum absolute atomic E-state index is 0.220. The molecule has 1 fully saturated rings. The lowest BCUT2D eigenvalue weighted by molar-refractivity contribution is -0.149. The molecule has 0 saturated carbocycles. The second kappa shape index (κ2) is 9.26. The van der Waals surface area contributed by atoms with Crippen molar-refractivity contribution in [2.45, 2.75) is 44.1 Å². The first-order chi connectivity index (χ1) is 12.7. The lowest BCUT2D eigenvalue weighted by Crippen LogP contribution is -2.43. The van der Waals surface area contributed by atoms with E-state index in [1.54, 1.807) is 28.8 Å². The normalized spacial score (nSPS) is 15.3. The Labute approximate surface area is 164 Å². The van der Waals surface area contributed by atoms with Crippen LogP contribution in [0.25, 0.3) is 0 Å². The summed E-state index contributed by atoms with van der Waals surface area (Å²) < 4.78 is 10.5. The average Bonchev–Trinajstić information content (AvgIpc) is 2.64. The third-order valence-electron chi connectivity index (χ3n) is 4.24. The highest BCUT2D eigenvalue weighted by atomic mass is 32.2. The Balaban J connectivity index is 1.77. The first-order valence-corrected chi connectivity index (χ1v) is 10.2. The number of benzene rings is 1. The molecule has 0 N–H and O–H groups in total. The summed E-state index contributed by atoms with van der Waals surface area (Å²) in [5.41, 5.74) is -0.0123. The number of likely N-dealkylation sites (tertiary alicyclic amines) is 1. The molecule has 0 radical (unpaired) electrons. The highest BCUT2D eigenvalue weighted by molar-refractivity contribution is 7.98. The van der Waals surface area contributed by atoms with Gasteiger partial charge in [0.15, 0.2) is 12.4 Å². The van der Waals surface area contributed by atoms with E-state index in [1.165, 1.54) is 0 Å². The Morgan fingerprint density at radius 3 is 2.22 bits per heavy atom. The molecule has 1 aliphatic rings. The standard InChI is InChI=1S/C20H27NO5S/c1-20(2,3)26-19(24)21-11-9-15(10-12-21)18(23)25-13-17(22)14-5-7-16(27-4)8-6-14/h5-8,15H,9-13H2,1-4H3. The van der Waals surface area contributed by atoms with Crippen LogP contribution < -0.4 is 0 Å². The van der Waals surface area contributed by atoms with Crippen LogP contribution in [-0.4, -0.2) is 54.3 Å². The van der Waals surface area contributed by atoms with Gasteiger partial charge in [-0.25, -0.2) is 4.79 Å². The summed E-state index contributed by atoms with van der Waals surface area (Å²) in [7, 11) is 0. The maximum absolute atomic E-state index is 12.2. The van der Waals surface area contributed by atoms with E-state index in [0.29, 0.717) is 31.5 Å². The molecule has 6 nitrogen and oxygen atoms in total. The van der Waals surface area contributed by atoms with Crippen molar-refractivity contribution in [2.75, 3.05) is 26.0 Å². The van der Waals surface area contributed by atoms with Gasteiger partial charge >= 0.3 is 12.1 Å². The summed E-state index contributed by atoms with van der Waals surface area (Å²) in [6, 6.07) is 7.21. The predicted molar refractivity (Wildman–Crippen MR) is 104 cm³/mol. The number of ether oxygens (including phenoxy) is 2. The number of amides is 1. The minimum atomic E-state index is -0.540. The molecular formula is C20H27NO5S. The van der Waals surface area contributed by atoms with Gasteiger partial charge in [0.25, 0.3) is 0 Å². The van der Waals surface area contributed by atoms with E-state index in [1.807, 2.05) is 39.2 Å². The van der Waals surface area contributed by atoms with Crippen LogP contribution in [0.5, 0.6) is 0 Å². The SMILES string of the molecule is CSc1ccc(C(=O)COC(=O)C2CCN(C(=O)OC(C)(C)C)CC2)cc1. The number of piperidine rings is 1. The van der Waals surface area contributed by atoms with E-state index in [2.05, 4.69) is 0 Å². The van der Waals surface area contributed by atoms with E-state index in [-0.39, 0.29) is 30.4 Å². The maximum atomic E-state index is 12.2. The molecule has 0 spiro atoms. The van der Waals surface area contributed by atoms with Crippen molar-refractivity contribution < 1.29 is 23.9 Å². The number of rotatable bonds is 5. The van der Waals surface area contributed by atoms with Gasteiger partial charge < -0.3 is 14.4 Å². The largest absolute Gasteiger partial charge is 0.457 e. The molecule has 2 rings (SSSR count). The number of carbonyl (C=O) groups excluding carboxylic acids is 3. The molecule has 0 aliphatic carbocycles. The lowest BCUT2D eigenvalue weighted by atomic mass is 9.97. The molecule has 0 bridgehead atoms. The Hall–Kier alpha value is -2.02. The van der Waals surface area contributed by atoms with E-state index in [4.69, 9.17) is 9.47 Å². The van der Waals surface area contributed by atoms with E-state index in [0.717, 1.165) is 4.90 Å². The van der Waals surface area contributed by atoms with Gasteiger partial charge in [0.05, 0.1) is 5.92 Å². The smallest absolute Gasteiger partial charge is 0.410 e. The second-order valence-corrected chi connectivity index (χ2v) is 8.38. The first-order valence-electron chi connectivity index (χ1n) is 9.01. The first kappa shape index (κ1) is 21.3. The predicted octanol–water partition coefficient (Wildman–Crippen LogP) is 3.78. The van der Waals surface area contributed by atoms with Crippen molar-refractivity contribution in [2.24, 2.45) is 5.92 Å². The van der Waals surface area contributed by atoms with Gasteiger partial charge in [0.1, 0.15) is 5.60 Å². The van der Waals surface area contributed by atoms with Crippen LogP contribution >= 0.6 is 11.8 Å². The molecule has 0 unspecified atom stereocenters. The van der Waals surface area contributed by atoms with Gasteiger partial charge in [0.2, 0.25) is 0 Å². The number of hydrogen-bond donors (Lipinski definition) is 0. The molecular weight excluding hydrogens is 366 g/mol. The van der Waals surface area contributed by atoms with Crippen molar-refractivity contribution in [3.05, 3.63) is 29.8 Å². The van der Waals surface area contributed by atoms with E-state index in [9.17, 15) is 14.4 Å². The van der Waals surface area contributed by atoms with Crippen molar-refractivity contribution >= 4 is 29.6 Å². The molecule has 0 aromatic heterocycles. The summed E-state index contributed by atoms with van der Waals surface area (Å²) in [5.74, 6) is -0.898. The zero-order valence-electron chi connectivity index (χ0n) is 16.3. The maximum Gasteiger partial charge on any atom is 0.410 e. The molecule has 1 aromatic carbocycles. The minimum Gasteiger partial charge on any atom is -0.457 e. The van der Waals surface area contributed by atoms with E-state index >= 15 is 0 Å². The monoisotopic (exact) mass is 393 g/mol. The third kappa shape index (κ3) is 6.57. The molecule has 148 valence electrons. The van der Waals surface area contributed by atoms with Crippen LogP contribution in [0, 0.1) is 5.92 Å². The molecule has 7 heteroatoms. The van der Waals surface area contributed by atoms with Crippen LogP contribution in [0.15, 0.2) is 29.2 Å². The number of Topliss-reactive ketones (excluding diaryl/α,β-unsaturated/α-hetero) is 1. The fourth-order valence-electron chi connectivity index (χ4n) is 2.74. The van der Waals surface area contributed by atoms with Gasteiger partial charge in [-0.15, -0.1) is 11.8 Å². The van der Waals surface area contributed by atoms with Gasteiger partial charge in [-0.05, 0) is 52.0 Å². The summed E-state index contributed by atoms with van der Waals surface area (Å²) in [6.07, 6.45) is 2.62. The van der Waals surface area contributed by atoms with Gasteiger partial charge in [-0.2, -0.15) is 0 Å². The Bertz CT molecular complexity index is 673. The highest BCUT2D eigenvalue weighted by Crippen LogP contribution is 2.21. The summed E-state index contributed by atoms with van der Waals surface area (Å²) in [4.78, 5) is 39.1. The highest BCUT2D eigenvalue weighted by Gasteiger charge is 2.31. The molecule has 1 saturated heterocycles. The van der Waals surface area contributed by atoms with Crippen molar-refractivity contribution in [1.29, 1.82) is 0 Å². The summed E-state index contributed by atoms with van der Waals surface area (Å²) >= 11 is 1.60. The van der Waals surface area contributed by atoms with Crippen molar-refractivity contribution in [3.63, 3.8) is 0 Å².